The first-order valence-corrected chi connectivity index (χ1v) is 9.90. The van der Waals surface area contributed by atoms with Gasteiger partial charge in [-0.25, -0.2) is 4.79 Å². The summed E-state index contributed by atoms with van der Waals surface area (Å²) in [5.41, 5.74) is -1.46. The normalized spacial score (nSPS) is 38.6. The summed E-state index contributed by atoms with van der Waals surface area (Å²) in [6, 6.07) is 9.11. The molecule has 0 bridgehead atoms. The molecule has 31 heavy (non-hydrogen) atoms. The Hall–Kier alpha value is -2.73. The van der Waals surface area contributed by atoms with Crippen molar-refractivity contribution < 1.29 is 47.7 Å². The van der Waals surface area contributed by atoms with Crippen LogP contribution in [0.3, 0.4) is 0 Å². The van der Waals surface area contributed by atoms with Gasteiger partial charge in [-0.2, -0.15) is 0 Å². The molecule has 0 aromatic heterocycles. The molecule has 1 aromatic rings. The molecule has 11 heteroatoms. The maximum atomic E-state index is 12.8. The van der Waals surface area contributed by atoms with Crippen LogP contribution >= 0.6 is 0 Å². The number of carbonyl (C=O) groups is 2. The summed E-state index contributed by atoms with van der Waals surface area (Å²) in [5, 5.41) is 12.8. The number of nitrogens with zero attached hydrogens (tertiary/aromatic N) is 1. The number of esters is 2. The van der Waals surface area contributed by atoms with Crippen LogP contribution in [0.2, 0.25) is 0 Å². The number of rotatable bonds is 4. The highest BCUT2D eigenvalue weighted by Gasteiger charge is 2.84. The summed E-state index contributed by atoms with van der Waals surface area (Å²) in [4.78, 5) is 30.9. The number of hydrogen-bond acceptors (Lipinski definition) is 10. The lowest BCUT2D eigenvalue weighted by atomic mass is 9.68. The largest absolute Gasteiger partial charge is 0.458 e. The molecule has 0 radical (unpaired) electrons. The van der Waals surface area contributed by atoms with E-state index in [1.54, 1.807) is 6.92 Å². The molecule has 1 aromatic carbocycles. The minimum absolute atomic E-state index is 0.0129. The SMILES string of the molecule is CCOC(=O)C1=[N+]([O-])O[C@@]23OC(=O)C[C@@]12[C@@H](OC)O[C@@H]1CO[C@@H](c2ccccc2)O[C@H]13. The lowest BCUT2D eigenvalue weighted by molar-refractivity contribution is -0.772. The summed E-state index contributed by atoms with van der Waals surface area (Å²) in [7, 11) is 1.33. The van der Waals surface area contributed by atoms with Crippen molar-refractivity contribution in [3.05, 3.63) is 41.1 Å². The van der Waals surface area contributed by atoms with E-state index in [1.807, 2.05) is 30.3 Å². The number of benzene rings is 1. The maximum absolute atomic E-state index is 12.8. The van der Waals surface area contributed by atoms with Gasteiger partial charge in [0.2, 0.25) is 0 Å². The molecule has 0 saturated carbocycles. The van der Waals surface area contributed by atoms with Gasteiger partial charge in [0.25, 0.3) is 5.79 Å². The zero-order valence-corrected chi connectivity index (χ0v) is 16.8. The van der Waals surface area contributed by atoms with Gasteiger partial charge in [-0.3, -0.25) is 10.0 Å². The summed E-state index contributed by atoms with van der Waals surface area (Å²) in [5.74, 6) is -3.62. The van der Waals surface area contributed by atoms with Gasteiger partial charge >= 0.3 is 17.7 Å². The molecule has 0 unspecified atom stereocenters. The van der Waals surface area contributed by atoms with Gasteiger partial charge in [0.1, 0.15) is 12.2 Å². The molecule has 11 nitrogen and oxygen atoms in total. The summed E-state index contributed by atoms with van der Waals surface area (Å²) in [6.45, 7) is 1.66. The van der Waals surface area contributed by atoms with Gasteiger partial charge in [-0.1, -0.05) is 30.3 Å². The topological polar surface area (TPSA) is 125 Å². The van der Waals surface area contributed by atoms with Crippen molar-refractivity contribution in [1.29, 1.82) is 0 Å². The molecule has 0 N–H and O–H groups in total. The van der Waals surface area contributed by atoms with E-state index in [0.717, 1.165) is 0 Å². The third-order valence-corrected chi connectivity index (χ3v) is 5.98. The van der Waals surface area contributed by atoms with E-state index in [2.05, 4.69) is 0 Å². The molecule has 0 spiro atoms. The fourth-order valence-corrected chi connectivity index (χ4v) is 4.80. The first-order chi connectivity index (χ1) is 15.0. The van der Waals surface area contributed by atoms with Gasteiger partial charge in [-0.05, 0) is 6.92 Å². The second-order valence-electron chi connectivity index (χ2n) is 7.58. The summed E-state index contributed by atoms with van der Waals surface area (Å²) in [6.07, 6.45) is -4.31. The van der Waals surface area contributed by atoms with E-state index in [-0.39, 0.29) is 24.5 Å². The van der Waals surface area contributed by atoms with Crippen molar-refractivity contribution in [2.75, 3.05) is 20.3 Å². The lowest BCUT2D eigenvalue weighted by Gasteiger charge is -2.53. The highest BCUT2D eigenvalue weighted by Crippen LogP contribution is 2.60. The number of ether oxygens (including phenoxy) is 6. The van der Waals surface area contributed by atoms with E-state index in [0.29, 0.717) is 5.56 Å². The van der Waals surface area contributed by atoms with Crippen molar-refractivity contribution in [2.24, 2.45) is 5.41 Å². The standard InChI is InChI=1S/C20H21NO10/c1-3-26-16(23)14-19-9-13(22)30-20(19,31-21(14)24)15-12(28-18(19)25-2)10-27-17(29-15)11-7-5-4-6-8-11/h4-8,12,15,17-18H,3,9-10H2,1-2H3/t12-,15-,17-,18+,19+,20-/m1/s1. The van der Waals surface area contributed by atoms with Crippen molar-refractivity contribution in [1.82, 2.24) is 0 Å². The highest BCUT2D eigenvalue weighted by atomic mass is 16.9. The average Bonchev–Trinajstić information content (AvgIpc) is 3.19. The van der Waals surface area contributed by atoms with Crippen LogP contribution in [-0.2, 0) is 42.8 Å². The zero-order valence-electron chi connectivity index (χ0n) is 16.8. The van der Waals surface area contributed by atoms with Crippen LogP contribution in [0.25, 0.3) is 0 Å². The van der Waals surface area contributed by atoms with Crippen LogP contribution < -0.4 is 0 Å². The Morgan fingerprint density at radius 1 is 1.29 bits per heavy atom. The van der Waals surface area contributed by atoms with E-state index >= 15 is 0 Å². The molecule has 166 valence electrons. The zero-order chi connectivity index (χ0) is 21.8. The van der Waals surface area contributed by atoms with E-state index in [1.165, 1.54) is 7.11 Å². The van der Waals surface area contributed by atoms with Crippen molar-refractivity contribution in [2.45, 2.75) is 43.9 Å². The molecule has 0 aliphatic carbocycles. The summed E-state index contributed by atoms with van der Waals surface area (Å²) < 4.78 is 34.1. The average molecular weight is 435 g/mol. The Kier molecular flexibility index (Phi) is 4.66. The predicted octanol–water partition coefficient (Wildman–Crippen LogP) is 0.561. The minimum atomic E-state index is -1.98. The Balaban J connectivity index is 1.60. The van der Waals surface area contributed by atoms with Gasteiger partial charge in [-0.15, -0.1) is 0 Å². The van der Waals surface area contributed by atoms with Crippen molar-refractivity contribution >= 4 is 17.7 Å². The number of methoxy groups -OCH3 is 1. The molecule has 4 aliphatic rings. The molecular formula is C20H21NO10. The number of carbonyl (C=O) groups excluding carboxylic acids is 2. The lowest BCUT2D eigenvalue weighted by Crippen LogP contribution is -2.72. The fourth-order valence-electron chi connectivity index (χ4n) is 4.80. The Labute approximate surface area is 176 Å². The highest BCUT2D eigenvalue weighted by molar-refractivity contribution is 6.37. The fraction of sp³-hybridized carbons (Fsp3) is 0.550. The molecule has 4 aliphatic heterocycles. The third-order valence-electron chi connectivity index (χ3n) is 5.98. The smallest absolute Gasteiger partial charge is 0.406 e. The van der Waals surface area contributed by atoms with E-state index in [4.69, 9.17) is 33.3 Å². The summed E-state index contributed by atoms with van der Waals surface area (Å²) >= 11 is 0. The van der Waals surface area contributed by atoms with Crippen molar-refractivity contribution in [3.8, 4) is 0 Å². The number of hydrogen-bond donors (Lipinski definition) is 0. The maximum Gasteiger partial charge on any atom is 0.406 e. The van der Waals surface area contributed by atoms with Gasteiger partial charge in [0.15, 0.2) is 18.0 Å². The second kappa shape index (κ2) is 7.16. The monoisotopic (exact) mass is 435 g/mol. The third kappa shape index (κ3) is 2.64. The molecule has 6 atom stereocenters. The van der Waals surface area contributed by atoms with E-state index < -0.39 is 53.6 Å². The second-order valence-corrected chi connectivity index (χ2v) is 7.58. The first kappa shape index (κ1) is 20.2. The van der Waals surface area contributed by atoms with Gasteiger partial charge < -0.3 is 33.3 Å². The van der Waals surface area contributed by atoms with Crippen LogP contribution in [-0.4, -0.2) is 67.2 Å². The minimum Gasteiger partial charge on any atom is -0.458 e. The predicted molar refractivity (Wildman–Crippen MR) is 97.9 cm³/mol. The molecule has 3 saturated heterocycles. The van der Waals surface area contributed by atoms with Crippen LogP contribution in [0, 0.1) is 10.6 Å². The van der Waals surface area contributed by atoms with Crippen LogP contribution in [0.5, 0.6) is 0 Å². The van der Waals surface area contributed by atoms with Crippen LogP contribution in [0.15, 0.2) is 30.3 Å². The Morgan fingerprint density at radius 2 is 2.06 bits per heavy atom. The van der Waals surface area contributed by atoms with Crippen LogP contribution in [0.1, 0.15) is 25.2 Å². The van der Waals surface area contributed by atoms with Gasteiger partial charge in [0, 0.05) is 12.7 Å². The molecule has 4 heterocycles. The molecule has 5 rings (SSSR count). The van der Waals surface area contributed by atoms with Crippen LogP contribution in [0.4, 0.5) is 0 Å². The first-order valence-electron chi connectivity index (χ1n) is 9.90. The quantitative estimate of drug-likeness (QED) is 0.489. The molecular weight excluding hydrogens is 414 g/mol. The van der Waals surface area contributed by atoms with E-state index in [9.17, 15) is 14.8 Å². The van der Waals surface area contributed by atoms with Crippen molar-refractivity contribution in [3.63, 3.8) is 0 Å². The van der Waals surface area contributed by atoms with Gasteiger partial charge in [0.05, 0.1) is 24.5 Å². The Morgan fingerprint density at radius 3 is 2.77 bits per heavy atom. The molecule has 3 fully saturated rings. The Bertz CT molecular complexity index is 935. The molecule has 0 amide bonds. The number of fused-ring (bicyclic) bond motifs is 1.